The van der Waals surface area contributed by atoms with Gasteiger partial charge in [-0.25, -0.2) is 4.98 Å². The molecule has 0 saturated carbocycles. The van der Waals surface area contributed by atoms with Gasteiger partial charge >= 0.3 is 6.61 Å². The van der Waals surface area contributed by atoms with Crippen LogP contribution in [0.15, 0.2) is 47.8 Å². The molecule has 0 fully saturated rings. The minimum absolute atomic E-state index is 0.0190. The van der Waals surface area contributed by atoms with Gasteiger partial charge in [-0.15, -0.1) is 11.3 Å². The van der Waals surface area contributed by atoms with E-state index in [1.165, 1.54) is 42.7 Å². The van der Waals surface area contributed by atoms with Crippen molar-refractivity contribution in [3.05, 3.63) is 58.4 Å². The molecule has 1 aromatic heterocycles. The van der Waals surface area contributed by atoms with Crippen LogP contribution in [0.1, 0.15) is 10.4 Å². The first-order chi connectivity index (χ1) is 13.0. The summed E-state index contributed by atoms with van der Waals surface area (Å²) in [6, 6.07) is 10.7. The first-order valence-corrected chi connectivity index (χ1v) is 8.87. The van der Waals surface area contributed by atoms with Crippen molar-refractivity contribution in [2.45, 2.75) is 6.61 Å². The fourth-order valence-corrected chi connectivity index (χ4v) is 3.22. The Morgan fingerprint density at radius 2 is 1.96 bits per heavy atom. The lowest BCUT2D eigenvalue weighted by Crippen LogP contribution is -2.11. The minimum Gasteiger partial charge on any atom is -0.495 e. The number of rotatable bonds is 6. The van der Waals surface area contributed by atoms with Crippen LogP contribution in [0.5, 0.6) is 11.5 Å². The number of methoxy groups -OCH3 is 1. The van der Waals surface area contributed by atoms with Crippen molar-refractivity contribution in [2.75, 3.05) is 12.4 Å². The molecular formula is C18H13ClF2N2O3S. The number of benzene rings is 2. The van der Waals surface area contributed by atoms with E-state index in [9.17, 15) is 13.6 Å². The van der Waals surface area contributed by atoms with E-state index < -0.39 is 12.5 Å². The molecule has 0 aliphatic carbocycles. The van der Waals surface area contributed by atoms with Crippen LogP contribution < -0.4 is 14.8 Å². The van der Waals surface area contributed by atoms with E-state index in [0.717, 1.165) is 5.56 Å². The Morgan fingerprint density at radius 3 is 2.59 bits per heavy atom. The smallest absolute Gasteiger partial charge is 0.387 e. The molecule has 140 valence electrons. The summed E-state index contributed by atoms with van der Waals surface area (Å²) in [7, 11) is 1.53. The van der Waals surface area contributed by atoms with Gasteiger partial charge in [-0.3, -0.25) is 10.1 Å². The van der Waals surface area contributed by atoms with E-state index in [-0.39, 0.29) is 5.75 Å². The number of amides is 1. The zero-order valence-electron chi connectivity index (χ0n) is 13.9. The molecule has 0 saturated heterocycles. The predicted molar refractivity (Wildman–Crippen MR) is 100 cm³/mol. The zero-order valence-corrected chi connectivity index (χ0v) is 15.5. The van der Waals surface area contributed by atoms with Crippen LogP contribution in [0.4, 0.5) is 13.9 Å². The Morgan fingerprint density at radius 1 is 1.22 bits per heavy atom. The molecule has 1 N–H and O–H groups in total. The second kappa shape index (κ2) is 8.32. The van der Waals surface area contributed by atoms with E-state index in [1.54, 1.807) is 17.5 Å². The minimum atomic E-state index is -2.91. The van der Waals surface area contributed by atoms with Crippen molar-refractivity contribution < 1.29 is 23.0 Å². The normalized spacial score (nSPS) is 10.7. The number of alkyl halides is 2. The van der Waals surface area contributed by atoms with Gasteiger partial charge in [-0.2, -0.15) is 8.78 Å². The summed E-state index contributed by atoms with van der Waals surface area (Å²) < 4.78 is 33.7. The van der Waals surface area contributed by atoms with Crippen LogP contribution >= 0.6 is 22.9 Å². The van der Waals surface area contributed by atoms with E-state index in [0.29, 0.717) is 27.2 Å². The second-order valence-corrected chi connectivity index (χ2v) is 6.51. The van der Waals surface area contributed by atoms with Crippen LogP contribution in [-0.2, 0) is 0 Å². The second-order valence-electron chi connectivity index (χ2n) is 5.24. The average Bonchev–Trinajstić information content (AvgIpc) is 3.10. The number of anilines is 1. The maximum Gasteiger partial charge on any atom is 0.387 e. The quantitative estimate of drug-likeness (QED) is 0.597. The monoisotopic (exact) mass is 410 g/mol. The first kappa shape index (κ1) is 19.1. The standard InChI is InChI=1S/C18H13ClF2N2O3S/c1-25-15-7-4-11(8-13(15)19)14-9-27-18(22-14)23-16(24)10-2-5-12(6-3-10)26-17(20)21/h2-9,17H,1H3,(H,22,23,24). The van der Waals surface area contributed by atoms with Gasteiger partial charge in [0.25, 0.3) is 5.91 Å². The Hall–Kier alpha value is -2.71. The summed E-state index contributed by atoms with van der Waals surface area (Å²) in [4.78, 5) is 16.6. The Bertz CT molecular complexity index is 948. The van der Waals surface area contributed by atoms with Crippen LogP contribution in [0.3, 0.4) is 0 Å². The number of hydrogen-bond acceptors (Lipinski definition) is 5. The molecule has 0 aliphatic rings. The van der Waals surface area contributed by atoms with Gasteiger partial charge in [0, 0.05) is 16.5 Å². The number of ether oxygens (including phenoxy) is 2. The number of carbonyl (C=O) groups excluding carboxylic acids is 1. The molecule has 1 amide bonds. The highest BCUT2D eigenvalue weighted by atomic mass is 35.5. The molecule has 3 rings (SSSR count). The predicted octanol–water partition coefficient (Wildman–Crippen LogP) is 5.33. The molecule has 9 heteroatoms. The molecule has 0 unspecified atom stereocenters. The molecule has 2 aromatic carbocycles. The highest BCUT2D eigenvalue weighted by Crippen LogP contribution is 2.31. The summed E-state index contributed by atoms with van der Waals surface area (Å²) in [6.45, 7) is -2.91. The Labute approximate surface area is 162 Å². The van der Waals surface area contributed by atoms with E-state index in [4.69, 9.17) is 16.3 Å². The van der Waals surface area contributed by atoms with Crippen molar-refractivity contribution in [1.29, 1.82) is 0 Å². The molecule has 1 heterocycles. The number of nitrogens with one attached hydrogen (secondary N) is 1. The van der Waals surface area contributed by atoms with E-state index in [2.05, 4.69) is 15.0 Å². The first-order valence-electron chi connectivity index (χ1n) is 7.62. The number of aromatic nitrogens is 1. The topological polar surface area (TPSA) is 60.5 Å². The van der Waals surface area contributed by atoms with Crippen molar-refractivity contribution in [3.8, 4) is 22.8 Å². The van der Waals surface area contributed by atoms with Crippen molar-refractivity contribution in [3.63, 3.8) is 0 Å². The van der Waals surface area contributed by atoms with Crippen molar-refractivity contribution >= 4 is 34.0 Å². The molecule has 0 bridgehead atoms. The van der Waals surface area contributed by atoms with Gasteiger partial charge in [0.15, 0.2) is 5.13 Å². The molecule has 27 heavy (non-hydrogen) atoms. The number of hydrogen-bond donors (Lipinski definition) is 1. The zero-order chi connectivity index (χ0) is 19.4. The van der Waals surface area contributed by atoms with Crippen molar-refractivity contribution in [1.82, 2.24) is 4.98 Å². The van der Waals surface area contributed by atoms with E-state index >= 15 is 0 Å². The van der Waals surface area contributed by atoms with Gasteiger partial charge in [0.2, 0.25) is 0 Å². The fraction of sp³-hybridized carbons (Fsp3) is 0.111. The average molecular weight is 411 g/mol. The van der Waals surface area contributed by atoms with E-state index in [1.807, 2.05) is 6.07 Å². The Kier molecular flexibility index (Phi) is 5.88. The van der Waals surface area contributed by atoms with Gasteiger partial charge in [0.05, 0.1) is 17.8 Å². The summed E-state index contributed by atoms with van der Waals surface area (Å²) in [6.07, 6.45) is 0. The summed E-state index contributed by atoms with van der Waals surface area (Å²) in [5.74, 6) is 0.130. The summed E-state index contributed by atoms with van der Waals surface area (Å²) in [5.41, 5.74) is 1.73. The molecule has 3 aromatic rings. The SMILES string of the molecule is COc1ccc(-c2csc(NC(=O)c3ccc(OC(F)F)cc3)n2)cc1Cl. The largest absolute Gasteiger partial charge is 0.495 e. The van der Waals surface area contributed by atoms with Gasteiger partial charge in [-0.05, 0) is 42.5 Å². The number of thiazole rings is 1. The summed E-state index contributed by atoms with van der Waals surface area (Å²) in [5, 5.41) is 5.31. The number of carbonyl (C=O) groups is 1. The van der Waals surface area contributed by atoms with Gasteiger partial charge < -0.3 is 9.47 Å². The van der Waals surface area contributed by atoms with Crippen LogP contribution in [0.25, 0.3) is 11.3 Å². The molecule has 0 radical (unpaired) electrons. The highest BCUT2D eigenvalue weighted by Gasteiger charge is 2.12. The van der Waals surface area contributed by atoms with Gasteiger partial charge in [-0.1, -0.05) is 11.6 Å². The number of halogens is 3. The van der Waals surface area contributed by atoms with Crippen molar-refractivity contribution in [2.24, 2.45) is 0 Å². The summed E-state index contributed by atoms with van der Waals surface area (Å²) >= 11 is 7.37. The molecule has 0 spiro atoms. The lowest BCUT2D eigenvalue weighted by molar-refractivity contribution is -0.0498. The van der Waals surface area contributed by atoms with Crippen LogP contribution in [-0.4, -0.2) is 24.6 Å². The molecular weight excluding hydrogens is 398 g/mol. The third-order valence-electron chi connectivity index (χ3n) is 3.51. The maximum absolute atomic E-state index is 12.3. The molecule has 0 aliphatic heterocycles. The molecule has 0 atom stereocenters. The van der Waals surface area contributed by atoms with Crippen LogP contribution in [0, 0.1) is 0 Å². The van der Waals surface area contributed by atoms with Gasteiger partial charge in [0.1, 0.15) is 11.5 Å². The third-order valence-corrected chi connectivity index (χ3v) is 4.57. The maximum atomic E-state index is 12.3. The lowest BCUT2D eigenvalue weighted by Gasteiger charge is -2.06. The third kappa shape index (κ3) is 4.72. The Balaban J connectivity index is 1.70. The van der Waals surface area contributed by atoms with Crippen LogP contribution in [0.2, 0.25) is 5.02 Å². The number of nitrogens with zero attached hydrogens (tertiary/aromatic N) is 1. The highest BCUT2D eigenvalue weighted by molar-refractivity contribution is 7.14. The fourth-order valence-electron chi connectivity index (χ4n) is 2.25. The molecule has 5 nitrogen and oxygen atoms in total. The lowest BCUT2D eigenvalue weighted by atomic mass is 10.2.